The monoisotopic (exact) mass is 563 g/mol. The molecule has 0 N–H and O–H groups in total. The molecule has 1 aliphatic heterocycles. The quantitative estimate of drug-likeness (QED) is 0.198. The Morgan fingerprint density at radius 1 is 1.02 bits per heavy atom. The third kappa shape index (κ3) is 5.29. The number of nitrogens with zero attached hydrogens (tertiary/aromatic N) is 5. The highest BCUT2D eigenvalue weighted by atomic mass is 32.1. The van der Waals surface area contributed by atoms with E-state index < -0.39 is 0 Å². The van der Waals surface area contributed by atoms with E-state index in [1.54, 1.807) is 23.0 Å². The summed E-state index contributed by atoms with van der Waals surface area (Å²) in [6.07, 6.45) is 5.89. The Kier molecular flexibility index (Phi) is 6.88. The van der Waals surface area contributed by atoms with Crippen molar-refractivity contribution in [3.8, 4) is 28.4 Å². The van der Waals surface area contributed by atoms with E-state index in [0.29, 0.717) is 18.0 Å². The van der Waals surface area contributed by atoms with Crippen LogP contribution in [0.25, 0.3) is 39.4 Å². The smallest absolute Gasteiger partial charge is 0.206 e. The molecule has 9 heteroatoms. The van der Waals surface area contributed by atoms with Crippen LogP contribution >= 0.6 is 11.3 Å². The van der Waals surface area contributed by atoms with E-state index in [4.69, 9.17) is 24.3 Å². The molecule has 3 aromatic carbocycles. The van der Waals surface area contributed by atoms with Gasteiger partial charge in [-0.05, 0) is 61.4 Å². The molecule has 6 aromatic rings. The molecule has 0 radical (unpaired) electrons. The molecular formula is C32H26FN5O2S. The number of benzene rings is 3. The maximum absolute atomic E-state index is 13.7. The second kappa shape index (κ2) is 11.1. The van der Waals surface area contributed by atoms with Gasteiger partial charge in [0.2, 0.25) is 4.80 Å². The van der Waals surface area contributed by atoms with E-state index in [9.17, 15) is 4.39 Å². The van der Waals surface area contributed by atoms with Crippen LogP contribution in [0.5, 0.6) is 0 Å². The molecule has 3 aromatic heterocycles. The van der Waals surface area contributed by atoms with Gasteiger partial charge in [-0.3, -0.25) is 4.99 Å². The Balaban J connectivity index is 1.33. The van der Waals surface area contributed by atoms with Crippen molar-refractivity contribution >= 4 is 28.5 Å². The summed E-state index contributed by atoms with van der Waals surface area (Å²) in [7, 11) is 0. The van der Waals surface area contributed by atoms with Crippen LogP contribution in [0.3, 0.4) is 0 Å². The van der Waals surface area contributed by atoms with Crippen molar-refractivity contribution in [2.75, 3.05) is 13.2 Å². The maximum atomic E-state index is 13.7. The lowest BCUT2D eigenvalue weighted by Gasteiger charge is -2.05. The van der Waals surface area contributed by atoms with Crippen LogP contribution in [0.2, 0.25) is 0 Å². The van der Waals surface area contributed by atoms with E-state index >= 15 is 0 Å². The number of furan rings is 1. The SMILES string of the molecule is Fc1ccc(-c2csc(=NCC3CCCO3)n2N=Cc2cn(-c3ccccc3)nc2-c2cc3ccccc3o2)cc1. The zero-order valence-corrected chi connectivity index (χ0v) is 22.9. The molecule has 1 atom stereocenters. The molecule has 1 saturated heterocycles. The molecule has 0 bridgehead atoms. The number of fused-ring (bicyclic) bond motifs is 1. The first-order valence-corrected chi connectivity index (χ1v) is 14.4. The molecule has 0 amide bonds. The van der Waals surface area contributed by atoms with Crippen molar-refractivity contribution in [1.82, 2.24) is 14.5 Å². The van der Waals surface area contributed by atoms with Crippen molar-refractivity contribution in [3.63, 3.8) is 0 Å². The van der Waals surface area contributed by atoms with Gasteiger partial charge in [0.15, 0.2) is 5.76 Å². The summed E-state index contributed by atoms with van der Waals surface area (Å²) in [6.45, 7) is 1.34. The van der Waals surface area contributed by atoms with Gasteiger partial charge in [-0.2, -0.15) is 10.2 Å². The summed E-state index contributed by atoms with van der Waals surface area (Å²) >= 11 is 1.49. The molecule has 1 fully saturated rings. The molecule has 7 nitrogen and oxygen atoms in total. The highest BCUT2D eigenvalue weighted by Crippen LogP contribution is 2.29. The first-order chi connectivity index (χ1) is 20.2. The minimum atomic E-state index is -0.286. The van der Waals surface area contributed by atoms with Crippen LogP contribution in [-0.4, -0.2) is 39.9 Å². The molecular weight excluding hydrogens is 537 g/mol. The normalized spacial score (nSPS) is 15.9. The topological polar surface area (TPSA) is 69.8 Å². The van der Waals surface area contributed by atoms with E-state index in [1.165, 1.54) is 23.5 Å². The van der Waals surface area contributed by atoms with Crippen LogP contribution in [0.4, 0.5) is 4.39 Å². The van der Waals surface area contributed by atoms with E-state index in [0.717, 1.165) is 57.7 Å². The summed E-state index contributed by atoms with van der Waals surface area (Å²) in [4.78, 5) is 5.59. The fourth-order valence-corrected chi connectivity index (χ4v) is 5.76. The van der Waals surface area contributed by atoms with Gasteiger partial charge in [0.05, 0.1) is 30.2 Å². The summed E-state index contributed by atoms with van der Waals surface area (Å²) in [5.74, 6) is 0.367. The van der Waals surface area contributed by atoms with Gasteiger partial charge in [0.1, 0.15) is 17.1 Å². The molecule has 1 unspecified atom stereocenters. The molecule has 0 saturated carbocycles. The molecule has 204 valence electrons. The summed E-state index contributed by atoms with van der Waals surface area (Å²) in [6, 6.07) is 26.2. The number of thiazole rings is 1. The van der Waals surface area contributed by atoms with Gasteiger partial charge in [0.25, 0.3) is 0 Å². The van der Waals surface area contributed by atoms with Gasteiger partial charge in [-0.25, -0.2) is 13.7 Å². The zero-order valence-electron chi connectivity index (χ0n) is 22.1. The number of hydrogen-bond acceptors (Lipinski definition) is 6. The number of aromatic nitrogens is 3. The third-order valence-corrected chi connectivity index (χ3v) is 7.87. The van der Waals surface area contributed by atoms with Crippen molar-refractivity contribution in [3.05, 3.63) is 113 Å². The summed E-state index contributed by atoms with van der Waals surface area (Å²) in [5.41, 5.74) is 4.83. The molecule has 4 heterocycles. The predicted octanol–water partition coefficient (Wildman–Crippen LogP) is 6.92. The Bertz CT molecular complexity index is 1860. The standard InChI is InChI=1S/C32H26FN5O2S/c33-25-14-12-22(13-15-25)28-21-41-32(34-19-27-10-6-16-39-27)38(28)35-18-24-20-37(26-8-2-1-3-9-26)36-31(24)30-17-23-7-4-5-11-29(23)40-30/h1-5,7-9,11-15,17-18,20-21,27H,6,10,16,19H2. The summed E-state index contributed by atoms with van der Waals surface area (Å²) < 4.78 is 29.3. The first-order valence-electron chi connectivity index (χ1n) is 13.5. The van der Waals surface area contributed by atoms with E-state index in [-0.39, 0.29) is 11.9 Å². The number of halogens is 1. The second-order valence-electron chi connectivity index (χ2n) is 9.80. The molecule has 1 aliphatic rings. The minimum Gasteiger partial charge on any atom is -0.454 e. The Morgan fingerprint density at radius 3 is 2.66 bits per heavy atom. The Hall–Kier alpha value is -4.60. The van der Waals surface area contributed by atoms with Gasteiger partial charge in [0, 0.05) is 34.7 Å². The summed E-state index contributed by atoms with van der Waals surface area (Å²) in [5, 5.41) is 12.8. The highest BCUT2D eigenvalue weighted by Gasteiger charge is 2.17. The van der Waals surface area contributed by atoms with Crippen LogP contribution in [0.15, 0.2) is 111 Å². The Labute approximate surface area is 239 Å². The number of para-hydroxylation sites is 2. The number of rotatable bonds is 7. The minimum absolute atomic E-state index is 0.118. The average Bonchev–Trinajstić information content (AvgIpc) is 3.81. The fraction of sp³-hybridized carbons (Fsp3) is 0.156. The van der Waals surface area contributed by atoms with Gasteiger partial charge in [-0.15, -0.1) is 11.3 Å². The van der Waals surface area contributed by atoms with Gasteiger partial charge < -0.3 is 9.15 Å². The maximum Gasteiger partial charge on any atom is 0.206 e. The number of hydrogen-bond donors (Lipinski definition) is 0. The highest BCUT2D eigenvalue weighted by molar-refractivity contribution is 7.07. The zero-order chi connectivity index (χ0) is 27.6. The third-order valence-electron chi connectivity index (χ3n) is 7.01. The van der Waals surface area contributed by atoms with Crippen LogP contribution in [0.1, 0.15) is 18.4 Å². The lowest BCUT2D eigenvalue weighted by Crippen LogP contribution is -2.17. The lowest BCUT2D eigenvalue weighted by molar-refractivity contribution is 0.117. The van der Waals surface area contributed by atoms with E-state index in [2.05, 4.69) is 0 Å². The first kappa shape index (κ1) is 25.4. The van der Waals surface area contributed by atoms with Crippen molar-refractivity contribution in [2.45, 2.75) is 18.9 Å². The van der Waals surface area contributed by atoms with Gasteiger partial charge >= 0.3 is 0 Å². The number of ether oxygens (including phenoxy) is 1. The van der Waals surface area contributed by atoms with Gasteiger partial charge in [-0.1, -0.05) is 36.4 Å². The van der Waals surface area contributed by atoms with Crippen LogP contribution < -0.4 is 4.80 Å². The van der Waals surface area contributed by atoms with E-state index in [1.807, 2.05) is 76.9 Å². The average molecular weight is 564 g/mol. The molecule has 7 rings (SSSR count). The van der Waals surface area contributed by atoms with Crippen molar-refractivity contribution in [1.29, 1.82) is 0 Å². The molecule has 0 aliphatic carbocycles. The van der Waals surface area contributed by atoms with Crippen LogP contribution in [-0.2, 0) is 4.74 Å². The Morgan fingerprint density at radius 2 is 1.85 bits per heavy atom. The van der Waals surface area contributed by atoms with Crippen molar-refractivity contribution in [2.24, 2.45) is 10.1 Å². The van der Waals surface area contributed by atoms with Crippen LogP contribution in [0, 0.1) is 5.82 Å². The lowest BCUT2D eigenvalue weighted by atomic mass is 10.2. The van der Waals surface area contributed by atoms with Crippen molar-refractivity contribution < 1.29 is 13.5 Å². The fourth-order valence-electron chi connectivity index (χ4n) is 4.91. The largest absolute Gasteiger partial charge is 0.454 e. The molecule has 0 spiro atoms. The molecule has 41 heavy (non-hydrogen) atoms. The second-order valence-corrected chi connectivity index (χ2v) is 10.6. The predicted molar refractivity (Wildman–Crippen MR) is 159 cm³/mol.